The number of alkyl halides is 1. The third kappa shape index (κ3) is 7.46. The zero-order valence-electron chi connectivity index (χ0n) is 12.1. The monoisotopic (exact) mass is 287 g/mol. The summed E-state index contributed by atoms with van der Waals surface area (Å²) in [6, 6.07) is 0. The Bertz CT molecular complexity index is 309. The highest BCUT2D eigenvalue weighted by Crippen LogP contribution is 2.26. The molecule has 2 unspecified atom stereocenters. The van der Waals surface area contributed by atoms with Crippen LogP contribution < -0.4 is 5.32 Å². The number of hydrogen-bond donors (Lipinski definition) is 2. The fraction of sp³-hybridized carbons (Fsp3) is 0.867. The highest BCUT2D eigenvalue weighted by molar-refractivity contribution is 5.78. The number of carboxylic acid groups (broad SMARTS) is 1. The summed E-state index contributed by atoms with van der Waals surface area (Å²) >= 11 is 0. The average molecular weight is 287 g/mol. The van der Waals surface area contributed by atoms with Crippen LogP contribution in [-0.2, 0) is 9.59 Å². The number of halogens is 1. The van der Waals surface area contributed by atoms with Crippen molar-refractivity contribution in [1.29, 1.82) is 0 Å². The van der Waals surface area contributed by atoms with Crippen molar-refractivity contribution in [2.45, 2.75) is 70.4 Å². The second-order valence-electron chi connectivity index (χ2n) is 5.66. The molecular weight excluding hydrogens is 261 g/mol. The highest BCUT2D eigenvalue weighted by Gasteiger charge is 2.26. The van der Waals surface area contributed by atoms with Gasteiger partial charge in [-0.05, 0) is 38.5 Å². The van der Waals surface area contributed by atoms with Crippen LogP contribution in [0.4, 0.5) is 4.39 Å². The number of rotatable bonds is 9. The van der Waals surface area contributed by atoms with Crippen LogP contribution >= 0.6 is 0 Å². The smallest absolute Gasteiger partial charge is 0.303 e. The molecule has 0 spiro atoms. The van der Waals surface area contributed by atoms with Gasteiger partial charge in [-0.1, -0.05) is 19.3 Å². The maximum atomic E-state index is 13.2. The van der Waals surface area contributed by atoms with Gasteiger partial charge in [0.05, 0.1) is 0 Å². The second kappa shape index (κ2) is 9.72. The van der Waals surface area contributed by atoms with Gasteiger partial charge in [-0.25, -0.2) is 4.39 Å². The van der Waals surface area contributed by atoms with E-state index in [0.29, 0.717) is 19.4 Å². The molecule has 0 heterocycles. The maximum Gasteiger partial charge on any atom is 0.303 e. The van der Waals surface area contributed by atoms with Gasteiger partial charge < -0.3 is 10.4 Å². The van der Waals surface area contributed by atoms with E-state index in [2.05, 4.69) is 5.32 Å². The Morgan fingerprint density at radius 2 is 1.80 bits per heavy atom. The number of nitrogens with one attached hydrogen (secondary N) is 1. The SMILES string of the molecule is O=C(O)CCCCCCCNC(=O)C1CCCC(F)C1. The molecule has 0 radical (unpaired) electrons. The molecule has 1 rings (SSSR count). The number of amides is 1. The Hall–Kier alpha value is -1.13. The van der Waals surface area contributed by atoms with Crippen LogP contribution in [0.3, 0.4) is 0 Å². The minimum Gasteiger partial charge on any atom is -0.481 e. The molecule has 0 aromatic rings. The molecule has 2 N–H and O–H groups in total. The molecule has 0 aliphatic heterocycles. The normalized spacial score (nSPS) is 22.4. The summed E-state index contributed by atoms with van der Waals surface area (Å²) in [6.07, 6.45) is 6.57. The maximum absolute atomic E-state index is 13.2. The zero-order valence-corrected chi connectivity index (χ0v) is 12.1. The average Bonchev–Trinajstić information content (AvgIpc) is 2.41. The van der Waals surface area contributed by atoms with E-state index in [1.807, 2.05) is 0 Å². The third-order valence-corrected chi connectivity index (χ3v) is 3.85. The fourth-order valence-corrected chi connectivity index (χ4v) is 2.66. The molecule has 116 valence electrons. The molecular formula is C15H26FNO3. The predicted octanol–water partition coefficient (Wildman–Crippen LogP) is 3.06. The lowest BCUT2D eigenvalue weighted by atomic mass is 9.87. The van der Waals surface area contributed by atoms with Crippen LogP contribution in [0.5, 0.6) is 0 Å². The predicted molar refractivity (Wildman–Crippen MR) is 75.2 cm³/mol. The zero-order chi connectivity index (χ0) is 14.8. The van der Waals surface area contributed by atoms with Crippen LogP contribution in [0.15, 0.2) is 0 Å². The highest BCUT2D eigenvalue weighted by atomic mass is 19.1. The Labute approximate surface area is 120 Å². The number of unbranched alkanes of at least 4 members (excludes halogenated alkanes) is 4. The summed E-state index contributed by atoms with van der Waals surface area (Å²) in [5.74, 6) is -0.886. The van der Waals surface area contributed by atoms with E-state index < -0.39 is 12.1 Å². The lowest BCUT2D eigenvalue weighted by molar-refractivity contribution is -0.137. The molecule has 1 saturated carbocycles. The van der Waals surface area contributed by atoms with Crippen LogP contribution in [0.1, 0.15) is 64.2 Å². The molecule has 0 aromatic heterocycles. The van der Waals surface area contributed by atoms with Crippen molar-refractivity contribution in [2.24, 2.45) is 5.92 Å². The van der Waals surface area contributed by atoms with Gasteiger partial charge in [0.25, 0.3) is 0 Å². The second-order valence-corrected chi connectivity index (χ2v) is 5.66. The van der Waals surface area contributed by atoms with Gasteiger partial charge in [0.2, 0.25) is 5.91 Å². The van der Waals surface area contributed by atoms with Gasteiger partial charge in [-0.15, -0.1) is 0 Å². The van der Waals surface area contributed by atoms with Gasteiger partial charge in [-0.3, -0.25) is 9.59 Å². The topological polar surface area (TPSA) is 66.4 Å². The summed E-state index contributed by atoms with van der Waals surface area (Å²) < 4.78 is 13.2. The molecule has 0 saturated heterocycles. The fourth-order valence-electron chi connectivity index (χ4n) is 2.66. The molecule has 20 heavy (non-hydrogen) atoms. The first kappa shape index (κ1) is 16.9. The van der Waals surface area contributed by atoms with Gasteiger partial charge in [0.15, 0.2) is 0 Å². The molecule has 5 heteroatoms. The summed E-state index contributed by atoms with van der Waals surface area (Å²) in [4.78, 5) is 22.1. The summed E-state index contributed by atoms with van der Waals surface area (Å²) in [6.45, 7) is 0.644. The molecule has 2 atom stereocenters. The number of hydrogen-bond acceptors (Lipinski definition) is 2. The van der Waals surface area contributed by atoms with Gasteiger partial charge in [-0.2, -0.15) is 0 Å². The first-order chi connectivity index (χ1) is 9.59. The molecule has 0 aromatic carbocycles. The van der Waals surface area contributed by atoms with Crippen molar-refractivity contribution in [2.75, 3.05) is 6.54 Å². The van der Waals surface area contributed by atoms with Crippen molar-refractivity contribution in [3.8, 4) is 0 Å². The minimum absolute atomic E-state index is 0.00164. The van der Waals surface area contributed by atoms with Gasteiger partial charge in [0, 0.05) is 18.9 Å². The number of carboxylic acids is 1. The molecule has 1 aliphatic rings. The Balaban J connectivity index is 1.95. The van der Waals surface area contributed by atoms with Crippen molar-refractivity contribution in [3.05, 3.63) is 0 Å². The van der Waals surface area contributed by atoms with Gasteiger partial charge in [0.1, 0.15) is 6.17 Å². The van der Waals surface area contributed by atoms with E-state index in [4.69, 9.17) is 5.11 Å². The summed E-state index contributed by atoms with van der Waals surface area (Å²) in [5.41, 5.74) is 0. The Kier molecular flexibility index (Phi) is 8.23. The van der Waals surface area contributed by atoms with Crippen molar-refractivity contribution in [1.82, 2.24) is 5.32 Å². The first-order valence-corrected chi connectivity index (χ1v) is 7.73. The number of aliphatic carboxylic acids is 1. The van der Waals surface area contributed by atoms with E-state index in [-0.39, 0.29) is 18.2 Å². The van der Waals surface area contributed by atoms with E-state index in [0.717, 1.165) is 44.9 Å². The molecule has 0 bridgehead atoms. The molecule has 1 amide bonds. The lowest BCUT2D eigenvalue weighted by Crippen LogP contribution is -2.34. The Morgan fingerprint density at radius 3 is 2.50 bits per heavy atom. The molecule has 1 aliphatic carbocycles. The van der Waals surface area contributed by atoms with Crippen molar-refractivity contribution < 1.29 is 19.1 Å². The largest absolute Gasteiger partial charge is 0.481 e. The van der Waals surface area contributed by atoms with Crippen molar-refractivity contribution in [3.63, 3.8) is 0 Å². The summed E-state index contributed by atoms with van der Waals surface area (Å²) in [5, 5.41) is 11.4. The van der Waals surface area contributed by atoms with Crippen LogP contribution in [-0.4, -0.2) is 29.7 Å². The van der Waals surface area contributed by atoms with Crippen LogP contribution in [0.25, 0.3) is 0 Å². The number of carbonyl (C=O) groups is 2. The Morgan fingerprint density at radius 1 is 1.10 bits per heavy atom. The summed E-state index contributed by atoms with van der Waals surface area (Å²) in [7, 11) is 0. The van der Waals surface area contributed by atoms with Crippen LogP contribution in [0, 0.1) is 5.92 Å². The van der Waals surface area contributed by atoms with E-state index in [1.54, 1.807) is 0 Å². The standard InChI is InChI=1S/C15H26FNO3/c16-13-8-6-7-12(11-13)15(20)17-10-5-3-1-2-4-9-14(18)19/h12-13H,1-11H2,(H,17,20)(H,18,19). The van der Waals surface area contributed by atoms with E-state index in [9.17, 15) is 14.0 Å². The minimum atomic E-state index is -0.811. The first-order valence-electron chi connectivity index (χ1n) is 7.73. The lowest BCUT2D eigenvalue weighted by Gasteiger charge is -2.23. The van der Waals surface area contributed by atoms with Crippen LogP contribution in [0.2, 0.25) is 0 Å². The van der Waals surface area contributed by atoms with Crippen molar-refractivity contribution >= 4 is 11.9 Å². The quantitative estimate of drug-likeness (QED) is 0.640. The van der Waals surface area contributed by atoms with E-state index >= 15 is 0 Å². The molecule has 1 fully saturated rings. The van der Waals surface area contributed by atoms with E-state index in [1.165, 1.54) is 0 Å². The molecule has 4 nitrogen and oxygen atoms in total. The number of carbonyl (C=O) groups excluding carboxylic acids is 1. The third-order valence-electron chi connectivity index (χ3n) is 3.85. The van der Waals surface area contributed by atoms with Gasteiger partial charge >= 0.3 is 5.97 Å².